The molecule has 1 heterocycles. The number of guanidine groups is 1. The van der Waals surface area contributed by atoms with E-state index in [-0.39, 0.29) is 0 Å². The van der Waals surface area contributed by atoms with Gasteiger partial charge in [0.25, 0.3) is 0 Å². The Hall–Kier alpha value is -1.81. The zero-order valence-electron chi connectivity index (χ0n) is 13.7. The molecule has 0 unspecified atom stereocenters. The fraction of sp³-hybridized carbons (Fsp3) is 0.421. The summed E-state index contributed by atoms with van der Waals surface area (Å²) >= 11 is 1.81. The third-order valence-corrected chi connectivity index (χ3v) is 5.41. The van der Waals surface area contributed by atoms with Crippen LogP contribution in [-0.4, -0.2) is 26.1 Å². The molecule has 0 spiro atoms. The Morgan fingerprint density at radius 2 is 1.96 bits per heavy atom. The van der Waals surface area contributed by atoms with Crippen LogP contribution in [0.4, 0.5) is 0 Å². The van der Waals surface area contributed by atoms with Crippen molar-refractivity contribution in [3.8, 4) is 0 Å². The van der Waals surface area contributed by atoms with Gasteiger partial charge >= 0.3 is 0 Å². The number of nitrogens with zero attached hydrogens (tertiary/aromatic N) is 1. The Bertz CT molecular complexity index is 615. The summed E-state index contributed by atoms with van der Waals surface area (Å²) in [4.78, 5) is 5.76. The van der Waals surface area contributed by atoms with Crippen molar-refractivity contribution in [2.45, 2.75) is 25.7 Å². The Balaban J connectivity index is 1.43. The van der Waals surface area contributed by atoms with Crippen LogP contribution in [0.5, 0.6) is 0 Å². The van der Waals surface area contributed by atoms with E-state index in [1.54, 1.807) is 0 Å². The Kier molecular flexibility index (Phi) is 5.34. The lowest BCUT2D eigenvalue weighted by molar-refractivity contribution is 0.492. The third-order valence-electron chi connectivity index (χ3n) is 4.48. The van der Waals surface area contributed by atoms with Crippen LogP contribution in [0, 0.1) is 5.41 Å². The summed E-state index contributed by atoms with van der Waals surface area (Å²) < 4.78 is 0. The summed E-state index contributed by atoms with van der Waals surface area (Å²) in [5.41, 5.74) is 1.86. The van der Waals surface area contributed by atoms with Crippen molar-refractivity contribution in [2.75, 3.05) is 20.1 Å². The molecule has 0 radical (unpaired) electrons. The molecule has 3 nitrogen and oxygen atoms in total. The molecule has 0 saturated heterocycles. The first kappa shape index (κ1) is 16.1. The maximum absolute atomic E-state index is 4.34. The second-order valence-electron chi connectivity index (χ2n) is 6.34. The minimum atomic E-state index is 0.423. The van der Waals surface area contributed by atoms with Gasteiger partial charge in [0.15, 0.2) is 5.96 Å². The lowest BCUT2D eigenvalue weighted by Crippen LogP contribution is -2.41. The van der Waals surface area contributed by atoms with Crippen molar-refractivity contribution in [3.05, 3.63) is 58.3 Å². The first-order chi connectivity index (χ1) is 11.3. The fourth-order valence-electron chi connectivity index (χ4n) is 2.87. The van der Waals surface area contributed by atoms with E-state index in [0.717, 1.165) is 31.9 Å². The topological polar surface area (TPSA) is 36.4 Å². The minimum absolute atomic E-state index is 0.423. The van der Waals surface area contributed by atoms with Crippen LogP contribution in [0.25, 0.3) is 0 Å². The SMILES string of the molecule is CN=C(NCCc1cccs1)NCC1(Cc2ccccc2)CC1. The molecular formula is C19H25N3S. The third kappa shape index (κ3) is 4.83. The van der Waals surface area contributed by atoms with Crippen molar-refractivity contribution in [1.29, 1.82) is 0 Å². The monoisotopic (exact) mass is 327 g/mol. The van der Waals surface area contributed by atoms with Crippen molar-refractivity contribution in [3.63, 3.8) is 0 Å². The molecule has 1 aromatic carbocycles. The normalized spacial score (nSPS) is 16.1. The van der Waals surface area contributed by atoms with E-state index in [4.69, 9.17) is 0 Å². The second kappa shape index (κ2) is 7.64. The van der Waals surface area contributed by atoms with Gasteiger partial charge in [-0.05, 0) is 48.1 Å². The smallest absolute Gasteiger partial charge is 0.191 e. The highest BCUT2D eigenvalue weighted by molar-refractivity contribution is 7.09. The summed E-state index contributed by atoms with van der Waals surface area (Å²) in [5, 5.41) is 9.06. The van der Waals surface area contributed by atoms with E-state index >= 15 is 0 Å². The molecule has 4 heteroatoms. The van der Waals surface area contributed by atoms with Gasteiger partial charge < -0.3 is 10.6 Å². The quantitative estimate of drug-likeness (QED) is 0.603. The molecule has 1 aliphatic rings. The molecule has 23 heavy (non-hydrogen) atoms. The molecule has 0 bridgehead atoms. The largest absolute Gasteiger partial charge is 0.356 e. The van der Waals surface area contributed by atoms with Gasteiger partial charge in [-0.2, -0.15) is 0 Å². The molecule has 122 valence electrons. The molecule has 0 atom stereocenters. The number of aliphatic imine (C=N–C) groups is 1. The number of rotatable bonds is 7. The number of benzene rings is 1. The van der Waals surface area contributed by atoms with Crippen molar-refractivity contribution in [1.82, 2.24) is 10.6 Å². The highest BCUT2D eigenvalue weighted by Gasteiger charge is 2.42. The highest BCUT2D eigenvalue weighted by atomic mass is 32.1. The number of hydrogen-bond donors (Lipinski definition) is 2. The summed E-state index contributed by atoms with van der Waals surface area (Å²) in [6.07, 6.45) is 4.82. The zero-order valence-corrected chi connectivity index (χ0v) is 14.5. The van der Waals surface area contributed by atoms with Crippen molar-refractivity contribution < 1.29 is 0 Å². The molecule has 2 N–H and O–H groups in total. The molecule has 3 rings (SSSR count). The summed E-state index contributed by atoms with van der Waals surface area (Å²) in [6.45, 7) is 1.92. The van der Waals surface area contributed by atoms with E-state index in [1.807, 2.05) is 18.4 Å². The van der Waals surface area contributed by atoms with Gasteiger partial charge in [0.2, 0.25) is 0 Å². The average Bonchev–Trinajstić information content (AvgIpc) is 3.14. The van der Waals surface area contributed by atoms with Crippen molar-refractivity contribution in [2.24, 2.45) is 10.4 Å². The number of hydrogen-bond acceptors (Lipinski definition) is 2. The molecular weight excluding hydrogens is 302 g/mol. The first-order valence-corrected chi connectivity index (χ1v) is 9.18. The standard InChI is InChI=1S/C19H25N3S/c1-20-18(21-12-9-17-8-5-13-23-17)22-15-19(10-11-19)14-16-6-3-2-4-7-16/h2-8,13H,9-12,14-15H2,1H3,(H2,20,21,22). The number of nitrogens with one attached hydrogen (secondary N) is 2. The molecule has 1 aromatic heterocycles. The van der Waals surface area contributed by atoms with Crippen LogP contribution in [0.3, 0.4) is 0 Å². The lowest BCUT2D eigenvalue weighted by atomic mass is 9.96. The minimum Gasteiger partial charge on any atom is -0.356 e. The first-order valence-electron chi connectivity index (χ1n) is 8.31. The van der Waals surface area contributed by atoms with Gasteiger partial charge in [0.1, 0.15) is 0 Å². The van der Waals surface area contributed by atoms with E-state index in [1.165, 1.54) is 23.3 Å². The van der Waals surface area contributed by atoms with Crippen LogP contribution in [-0.2, 0) is 12.8 Å². The molecule has 1 aliphatic carbocycles. The maximum Gasteiger partial charge on any atom is 0.191 e. The fourth-order valence-corrected chi connectivity index (χ4v) is 3.58. The van der Waals surface area contributed by atoms with E-state index in [2.05, 4.69) is 63.5 Å². The van der Waals surface area contributed by atoms with Crippen molar-refractivity contribution >= 4 is 17.3 Å². The van der Waals surface area contributed by atoms with E-state index in [9.17, 15) is 0 Å². The molecule has 2 aromatic rings. The van der Waals surface area contributed by atoms with Gasteiger partial charge in [0, 0.05) is 25.0 Å². The van der Waals surface area contributed by atoms with E-state index < -0.39 is 0 Å². The second-order valence-corrected chi connectivity index (χ2v) is 7.38. The molecule has 0 amide bonds. The predicted octanol–water partition coefficient (Wildman–Crippen LogP) is 3.48. The van der Waals surface area contributed by atoms with Gasteiger partial charge in [-0.1, -0.05) is 36.4 Å². The summed E-state index contributed by atoms with van der Waals surface area (Å²) in [5.74, 6) is 0.917. The average molecular weight is 327 g/mol. The van der Waals surface area contributed by atoms with Gasteiger partial charge in [-0.15, -0.1) is 11.3 Å². The van der Waals surface area contributed by atoms with Gasteiger partial charge in [0.05, 0.1) is 0 Å². The summed E-state index contributed by atoms with van der Waals surface area (Å²) in [7, 11) is 1.84. The van der Waals surface area contributed by atoms with E-state index in [0.29, 0.717) is 5.41 Å². The van der Waals surface area contributed by atoms with Crippen LogP contribution >= 0.6 is 11.3 Å². The maximum atomic E-state index is 4.34. The Labute approximate surface area is 142 Å². The van der Waals surface area contributed by atoms with Crippen LogP contribution in [0.1, 0.15) is 23.3 Å². The molecule has 1 fully saturated rings. The van der Waals surface area contributed by atoms with Gasteiger partial charge in [-0.3, -0.25) is 4.99 Å². The zero-order chi connectivity index (χ0) is 16.0. The van der Waals surface area contributed by atoms with Gasteiger partial charge in [-0.25, -0.2) is 0 Å². The summed E-state index contributed by atoms with van der Waals surface area (Å²) in [6, 6.07) is 15.1. The van der Waals surface area contributed by atoms with Crippen LogP contribution < -0.4 is 10.6 Å². The molecule has 0 aliphatic heterocycles. The molecule has 1 saturated carbocycles. The lowest BCUT2D eigenvalue weighted by Gasteiger charge is -2.18. The highest BCUT2D eigenvalue weighted by Crippen LogP contribution is 2.47. The van der Waals surface area contributed by atoms with Crippen LogP contribution in [0.2, 0.25) is 0 Å². The Morgan fingerprint density at radius 3 is 2.61 bits per heavy atom. The Morgan fingerprint density at radius 1 is 1.13 bits per heavy atom. The van der Waals surface area contributed by atoms with Crippen LogP contribution in [0.15, 0.2) is 52.8 Å². The predicted molar refractivity (Wildman–Crippen MR) is 99.2 cm³/mol. The number of thiophene rings is 1.